The van der Waals surface area contributed by atoms with Crippen molar-refractivity contribution in [2.24, 2.45) is 0 Å². The maximum atomic E-state index is 8.15. The number of rotatable bonds is 3. The summed E-state index contributed by atoms with van der Waals surface area (Å²) in [5.74, 6) is 0. The van der Waals surface area contributed by atoms with Gasteiger partial charge in [-0.25, -0.2) is 0 Å². The summed E-state index contributed by atoms with van der Waals surface area (Å²) >= 11 is 0. The Hall–Kier alpha value is -0.945. The van der Waals surface area contributed by atoms with Gasteiger partial charge in [-0.15, -0.1) is 0 Å². The Kier molecular flexibility index (Phi) is 3.00. The van der Waals surface area contributed by atoms with Crippen LogP contribution in [-0.4, -0.2) is 22.6 Å². The molecule has 5 nitrogen and oxygen atoms in total. The highest BCUT2D eigenvalue weighted by atomic mass is 17.2. The first-order valence-corrected chi connectivity index (χ1v) is 2.90. The second-order valence-corrected chi connectivity index (χ2v) is 1.80. The Bertz CT molecular complexity index is 203. The number of pyridine rings is 1. The smallest absolute Gasteiger partial charge is 0.265 e. The first kappa shape index (κ1) is 8.15. The minimum Gasteiger partial charge on any atom is -0.265 e. The zero-order valence-electron chi connectivity index (χ0n) is 5.54. The Balaban J connectivity index is 2.74. The fraction of sp³-hybridized carbons (Fsp3) is 0. The van der Waals surface area contributed by atoms with Gasteiger partial charge in [0.15, 0.2) is 0 Å². The highest BCUT2D eigenvalue weighted by molar-refractivity contribution is 6.59. The van der Waals surface area contributed by atoms with Crippen LogP contribution in [0.4, 0.5) is 0 Å². The molecule has 0 amide bonds. The number of nitrogens with zero attached hydrogens (tertiary/aromatic N) is 1. The molecule has 0 aliphatic carbocycles. The van der Waals surface area contributed by atoms with Crippen LogP contribution in [0.5, 0.6) is 0 Å². The molecule has 0 bridgehead atoms. The highest BCUT2D eigenvalue weighted by Gasteiger charge is 2.22. The van der Waals surface area contributed by atoms with Gasteiger partial charge in [-0.2, -0.15) is 0 Å². The van der Waals surface area contributed by atoms with Crippen molar-refractivity contribution < 1.29 is 20.1 Å². The molecule has 1 aromatic heterocycles. The Morgan fingerprint density at radius 1 is 1.27 bits per heavy atom. The standard InChI is InChI=1S/C5H6BNO4/c8-10-6(11-9)5-3-1-2-4-7-5/h1-4,8-9H. The molecule has 0 spiro atoms. The summed E-state index contributed by atoms with van der Waals surface area (Å²) in [6.45, 7) is 0. The Labute approximate surface area is 63.2 Å². The molecule has 0 saturated carbocycles. The monoisotopic (exact) mass is 155 g/mol. The highest BCUT2D eigenvalue weighted by Crippen LogP contribution is 1.85. The van der Waals surface area contributed by atoms with Gasteiger partial charge >= 0.3 is 7.12 Å². The van der Waals surface area contributed by atoms with Gasteiger partial charge in [0.05, 0.1) is 5.59 Å². The molecule has 11 heavy (non-hydrogen) atoms. The zero-order valence-corrected chi connectivity index (χ0v) is 5.54. The lowest BCUT2D eigenvalue weighted by molar-refractivity contribution is -0.221. The molecule has 2 N–H and O–H groups in total. The van der Waals surface area contributed by atoms with Crippen molar-refractivity contribution in [1.82, 2.24) is 4.98 Å². The van der Waals surface area contributed by atoms with Crippen molar-refractivity contribution in [3.05, 3.63) is 24.4 Å². The van der Waals surface area contributed by atoms with Crippen molar-refractivity contribution >= 4 is 12.7 Å². The summed E-state index contributed by atoms with van der Waals surface area (Å²) in [7, 11) is -1.24. The first-order valence-electron chi connectivity index (χ1n) is 2.90. The molecular formula is C5H6BNO4. The Morgan fingerprint density at radius 3 is 2.45 bits per heavy atom. The Morgan fingerprint density at radius 2 is 2.00 bits per heavy atom. The predicted octanol–water partition coefficient (Wildman–Crippen LogP) is -0.244. The van der Waals surface area contributed by atoms with Gasteiger partial charge in [-0.1, -0.05) is 6.07 Å². The van der Waals surface area contributed by atoms with Crippen LogP contribution in [0.25, 0.3) is 0 Å². The van der Waals surface area contributed by atoms with Gasteiger partial charge in [0.1, 0.15) is 0 Å². The number of hydrogen-bond donors (Lipinski definition) is 2. The van der Waals surface area contributed by atoms with Crippen LogP contribution >= 0.6 is 0 Å². The lowest BCUT2D eigenvalue weighted by Gasteiger charge is -2.01. The van der Waals surface area contributed by atoms with Gasteiger partial charge in [0.2, 0.25) is 0 Å². The summed E-state index contributed by atoms with van der Waals surface area (Å²) < 4.78 is 0. The van der Waals surface area contributed by atoms with Crippen LogP contribution in [0.3, 0.4) is 0 Å². The second-order valence-electron chi connectivity index (χ2n) is 1.80. The summed E-state index contributed by atoms with van der Waals surface area (Å²) in [5.41, 5.74) is 0.289. The molecule has 6 heteroatoms. The van der Waals surface area contributed by atoms with Crippen molar-refractivity contribution in [3.8, 4) is 0 Å². The van der Waals surface area contributed by atoms with E-state index in [1.165, 1.54) is 12.3 Å². The van der Waals surface area contributed by atoms with E-state index in [2.05, 4.69) is 14.6 Å². The average molecular weight is 155 g/mol. The first-order chi connectivity index (χ1) is 5.38. The second kappa shape index (κ2) is 4.04. The topological polar surface area (TPSA) is 71.8 Å². The van der Waals surface area contributed by atoms with E-state index in [0.29, 0.717) is 0 Å². The van der Waals surface area contributed by atoms with Crippen LogP contribution in [0.15, 0.2) is 24.4 Å². The molecule has 0 radical (unpaired) electrons. The maximum Gasteiger partial charge on any atom is 0.572 e. The van der Waals surface area contributed by atoms with E-state index in [1.54, 1.807) is 12.1 Å². The quantitative estimate of drug-likeness (QED) is 0.357. The van der Waals surface area contributed by atoms with Crippen LogP contribution < -0.4 is 5.59 Å². The van der Waals surface area contributed by atoms with Crippen molar-refractivity contribution in [2.75, 3.05) is 0 Å². The molecule has 0 unspecified atom stereocenters. The predicted molar refractivity (Wildman–Crippen MR) is 37.1 cm³/mol. The fourth-order valence-corrected chi connectivity index (χ4v) is 0.643. The van der Waals surface area contributed by atoms with Crippen molar-refractivity contribution in [3.63, 3.8) is 0 Å². The lowest BCUT2D eigenvalue weighted by Crippen LogP contribution is -2.37. The summed E-state index contributed by atoms with van der Waals surface area (Å²) in [5, 5.41) is 16.3. The molecule has 58 valence electrons. The maximum absolute atomic E-state index is 8.15. The molecule has 0 aromatic carbocycles. The third-order valence-electron chi connectivity index (χ3n) is 1.12. The summed E-state index contributed by atoms with van der Waals surface area (Å²) in [6, 6.07) is 4.90. The van der Waals surface area contributed by atoms with Gasteiger partial charge in [-0.05, 0) is 12.1 Å². The molecule has 0 aliphatic heterocycles. The lowest BCUT2D eigenvalue weighted by atomic mass is 9.85. The van der Waals surface area contributed by atoms with Gasteiger partial charge in [0.25, 0.3) is 0 Å². The van der Waals surface area contributed by atoms with E-state index in [9.17, 15) is 0 Å². The van der Waals surface area contributed by atoms with Crippen LogP contribution in [-0.2, 0) is 9.61 Å². The molecule has 1 heterocycles. The van der Waals surface area contributed by atoms with Gasteiger partial charge < -0.3 is 0 Å². The van der Waals surface area contributed by atoms with E-state index in [1.807, 2.05) is 0 Å². The minimum atomic E-state index is -1.24. The normalized spacial score (nSPS) is 9.64. The van der Waals surface area contributed by atoms with Gasteiger partial charge in [-0.3, -0.25) is 25.1 Å². The number of aromatic nitrogens is 1. The molecule has 0 saturated heterocycles. The van der Waals surface area contributed by atoms with Crippen LogP contribution in [0.1, 0.15) is 0 Å². The number of hydrogen-bond acceptors (Lipinski definition) is 5. The molecule has 1 rings (SSSR count). The van der Waals surface area contributed by atoms with E-state index < -0.39 is 7.12 Å². The van der Waals surface area contributed by atoms with Gasteiger partial charge in [0, 0.05) is 6.20 Å². The van der Waals surface area contributed by atoms with E-state index in [-0.39, 0.29) is 5.59 Å². The fourth-order valence-electron chi connectivity index (χ4n) is 0.643. The molecule has 1 aromatic rings. The third-order valence-corrected chi connectivity index (χ3v) is 1.12. The summed E-state index contributed by atoms with van der Waals surface area (Å²) in [4.78, 5) is 11.3. The molecule has 0 aliphatic rings. The largest absolute Gasteiger partial charge is 0.572 e. The molecular weight excluding hydrogens is 149 g/mol. The van der Waals surface area contributed by atoms with Crippen molar-refractivity contribution in [1.29, 1.82) is 0 Å². The zero-order chi connectivity index (χ0) is 8.10. The minimum absolute atomic E-state index is 0.289. The molecule has 0 fully saturated rings. The van der Waals surface area contributed by atoms with Crippen LogP contribution in [0.2, 0.25) is 0 Å². The SMILES string of the molecule is OOB(OO)c1ccccn1. The van der Waals surface area contributed by atoms with E-state index in [4.69, 9.17) is 10.5 Å². The third kappa shape index (κ3) is 1.99. The average Bonchev–Trinajstić information content (AvgIpc) is 2.09. The van der Waals surface area contributed by atoms with E-state index >= 15 is 0 Å². The molecule has 0 atom stereocenters. The van der Waals surface area contributed by atoms with Crippen LogP contribution in [0, 0.1) is 0 Å². The summed E-state index contributed by atoms with van der Waals surface area (Å²) in [6.07, 6.45) is 1.49. The van der Waals surface area contributed by atoms with E-state index in [0.717, 1.165) is 0 Å². The van der Waals surface area contributed by atoms with Crippen molar-refractivity contribution in [2.45, 2.75) is 0 Å².